The molecule has 3 heteroatoms. The van der Waals surface area contributed by atoms with Crippen LogP contribution in [0.1, 0.15) is 18.3 Å². The lowest BCUT2D eigenvalue weighted by Gasteiger charge is -2.12. The van der Waals surface area contributed by atoms with E-state index in [0.717, 1.165) is 17.5 Å². The maximum atomic E-state index is 9.95. The number of benzene rings is 1. The van der Waals surface area contributed by atoms with E-state index >= 15 is 0 Å². The number of furan rings is 1. The van der Waals surface area contributed by atoms with Crippen molar-refractivity contribution in [3.8, 4) is 0 Å². The average Bonchev–Trinajstić information content (AvgIpc) is 2.69. The van der Waals surface area contributed by atoms with Crippen molar-refractivity contribution in [2.45, 2.75) is 12.5 Å². The first-order chi connectivity index (χ1) is 7.66. The molecule has 1 aromatic carbocycles. The smallest absolute Gasteiger partial charge is 0.134 e. The standard InChI is InChI=1S/C13H17NO2/c1-14(2)8-7-11(15)13-9-10-5-3-4-6-12(10)16-13/h3-6,9,11,15H,7-8H2,1-2H3/t11-/m0/s1. The summed E-state index contributed by atoms with van der Waals surface area (Å²) in [5, 5.41) is 11.0. The molecule has 1 atom stereocenters. The van der Waals surface area contributed by atoms with E-state index in [2.05, 4.69) is 0 Å². The van der Waals surface area contributed by atoms with Crippen molar-refractivity contribution in [2.24, 2.45) is 0 Å². The maximum absolute atomic E-state index is 9.95. The molecule has 0 bridgehead atoms. The SMILES string of the molecule is CN(C)CC[C@H](O)c1cc2ccccc2o1. The van der Waals surface area contributed by atoms with Gasteiger partial charge in [0.25, 0.3) is 0 Å². The highest BCUT2D eigenvalue weighted by atomic mass is 16.4. The molecule has 0 unspecified atom stereocenters. The van der Waals surface area contributed by atoms with E-state index in [-0.39, 0.29) is 0 Å². The third-order valence-electron chi connectivity index (χ3n) is 2.62. The fourth-order valence-electron chi connectivity index (χ4n) is 1.69. The number of aliphatic hydroxyl groups excluding tert-OH is 1. The molecule has 0 radical (unpaired) electrons. The van der Waals surface area contributed by atoms with Crippen molar-refractivity contribution < 1.29 is 9.52 Å². The fraction of sp³-hybridized carbons (Fsp3) is 0.385. The van der Waals surface area contributed by atoms with Gasteiger partial charge in [-0.15, -0.1) is 0 Å². The van der Waals surface area contributed by atoms with Gasteiger partial charge in [-0.2, -0.15) is 0 Å². The highest BCUT2D eigenvalue weighted by Gasteiger charge is 2.13. The summed E-state index contributed by atoms with van der Waals surface area (Å²) in [6.45, 7) is 0.845. The highest BCUT2D eigenvalue weighted by Crippen LogP contribution is 2.25. The number of hydrogen-bond acceptors (Lipinski definition) is 3. The molecule has 0 aliphatic heterocycles. The van der Waals surface area contributed by atoms with Crippen molar-refractivity contribution in [3.63, 3.8) is 0 Å². The van der Waals surface area contributed by atoms with Crippen LogP contribution in [-0.4, -0.2) is 30.6 Å². The maximum Gasteiger partial charge on any atom is 0.134 e. The Labute approximate surface area is 95.3 Å². The second-order valence-electron chi connectivity index (χ2n) is 4.29. The van der Waals surface area contributed by atoms with E-state index in [1.54, 1.807) is 0 Å². The van der Waals surface area contributed by atoms with Crippen LogP contribution in [0, 0.1) is 0 Å². The molecule has 0 aliphatic rings. The number of nitrogens with zero attached hydrogens (tertiary/aromatic N) is 1. The monoisotopic (exact) mass is 219 g/mol. The summed E-state index contributed by atoms with van der Waals surface area (Å²) in [6.07, 6.45) is 0.169. The van der Waals surface area contributed by atoms with E-state index in [0.29, 0.717) is 12.2 Å². The third-order valence-corrected chi connectivity index (χ3v) is 2.62. The molecule has 1 aromatic heterocycles. The van der Waals surface area contributed by atoms with E-state index in [9.17, 15) is 5.11 Å². The van der Waals surface area contributed by atoms with Crippen molar-refractivity contribution in [3.05, 3.63) is 36.1 Å². The lowest BCUT2D eigenvalue weighted by atomic mass is 10.2. The van der Waals surface area contributed by atoms with Crippen LogP contribution in [0.15, 0.2) is 34.7 Å². The molecule has 0 spiro atoms. The minimum Gasteiger partial charge on any atom is -0.458 e. The molecule has 0 amide bonds. The summed E-state index contributed by atoms with van der Waals surface area (Å²) in [5.74, 6) is 0.656. The summed E-state index contributed by atoms with van der Waals surface area (Å²) in [6, 6.07) is 9.71. The predicted octanol–water partition coefficient (Wildman–Crippen LogP) is 2.42. The summed E-state index contributed by atoms with van der Waals surface area (Å²) in [7, 11) is 3.98. The lowest BCUT2D eigenvalue weighted by Crippen LogP contribution is -2.15. The molecule has 1 N–H and O–H groups in total. The van der Waals surface area contributed by atoms with Gasteiger partial charge in [-0.05, 0) is 32.6 Å². The molecule has 1 heterocycles. The van der Waals surface area contributed by atoms with Gasteiger partial charge in [0.2, 0.25) is 0 Å². The molecule has 2 rings (SSSR count). The fourth-order valence-corrected chi connectivity index (χ4v) is 1.69. The van der Waals surface area contributed by atoms with Gasteiger partial charge in [0.05, 0.1) is 0 Å². The van der Waals surface area contributed by atoms with E-state index in [1.807, 2.05) is 49.3 Å². The molecular weight excluding hydrogens is 202 g/mol. The Morgan fingerprint density at radius 1 is 1.31 bits per heavy atom. The predicted molar refractivity (Wildman–Crippen MR) is 64.3 cm³/mol. The number of rotatable bonds is 4. The second kappa shape index (κ2) is 4.68. The quantitative estimate of drug-likeness (QED) is 0.858. The molecule has 16 heavy (non-hydrogen) atoms. The first-order valence-corrected chi connectivity index (χ1v) is 5.48. The molecule has 0 saturated carbocycles. The number of para-hydroxylation sites is 1. The minimum absolute atomic E-state index is 0.519. The van der Waals surface area contributed by atoms with Crippen molar-refractivity contribution in [2.75, 3.05) is 20.6 Å². The second-order valence-corrected chi connectivity index (χ2v) is 4.29. The summed E-state index contributed by atoms with van der Waals surface area (Å²) in [5.41, 5.74) is 0.835. The summed E-state index contributed by atoms with van der Waals surface area (Å²) < 4.78 is 5.59. The Kier molecular flexibility index (Phi) is 3.27. The van der Waals surface area contributed by atoms with Crippen LogP contribution in [0.5, 0.6) is 0 Å². The first-order valence-electron chi connectivity index (χ1n) is 5.48. The zero-order valence-corrected chi connectivity index (χ0v) is 9.68. The van der Waals surface area contributed by atoms with Gasteiger partial charge < -0.3 is 14.4 Å². The Morgan fingerprint density at radius 3 is 2.75 bits per heavy atom. The zero-order chi connectivity index (χ0) is 11.5. The zero-order valence-electron chi connectivity index (χ0n) is 9.68. The van der Waals surface area contributed by atoms with Gasteiger partial charge in [0.15, 0.2) is 0 Å². The molecule has 2 aromatic rings. The van der Waals surface area contributed by atoms with Gasteiger partial charge in [0, 0.05) is 11.9 Å². The molecule has 0 fully saturated rings. The van der Waals surface area contributed by atoms with Crippen LogP contribution in [0.2, 0.25) is 0 Å². The van der Waals surface area contributed by atoms with Gasteiger partial charge in [-0.25, -0.2) is 0 Å². The van der Waals surface area contributed by atoms with E-state index in [1.165, 1.54) is 0 Å². The summed E-state index contributed by atoms with van der Waals surface area (Å²) >= 11 is 0. The van der Waals surface area contributed by atoms with Crippen LogP contribution in [-0.2, 0) is 0 Å². The molecule has 0 saturated heterocycles. The lowest BCUT2D eigenvalue weighted by molar-refractivity contribution is 0.131. The molecule has 3 nitrogen and oxygen atoms in total. The Hall–Kier alpha value is -1.32. The van der Waals surface area contributed by atoms with Crippen molar-refractivity contribution >= 4 is 11.0 Å². The minimum atomic E-state index is -0.519. The molecule has 0 aliphatic carbocycles. The summed E-state index contributed by atoms with van der Waals surface area (Å²) in [4.78, 5) is 2.05. The third kappa shape index (κ3) is 2.43. The number of fused-ring (bicyclic) bond motifs is 1. The number of hydrogen-bond donors (Lipinski definition) is 1. The normalized spacial score (nSPS) is 13.5. The van der Waals surface area contributed by atoms with Gasteiger partial charge in [-0.3, -0.25) is 0 Å². The topological polar surface area (TPSA) is 36.6 Å². The van der Waals surface area contributed by atoms with Gasteiger partial charge >= 0.3 is 0 Å². The first kappa shape index (κ1) is 11.2. The van der Waals surface area contributed by atoms with Crippen LogP contribution in [0.3, 0.4) is 0 Å². The van der Waals surface area contributed by atoms with Crippen molar-refractivity contribution in [1.29, 1.82) is 0 Å². The largest absolute Gasteiger partial charge is 0.458 e. The Balaban J connectivity index is 2.13. The van der Waals surface area contributed by atoms with Crippen LogP contribution >= 0.6 is 0 Å². The van der Waals surface area contributed by atoms with Gasteiger partial charge in [0.1, 0.15) is 17.4 Å². The van der Waals surface area contributed by atoms with Gasteiger partial charge in [-0.1, -0.05) is 18.2 Å². The van der Waals surface area contributed by atoms with Crippen molar-refractivity contribution in [1.82, 2.24) is 4.90 Å². The Bertz CT molecular complexity index is 429. The van der Waals surface area contributed by atoms with Crippen LogP contribution in [0.4, 0.5) is 0 Å². The van der Waals surface area contributed by atoms with Crippen LogP contribution < -0.4 is 0 Å². The van der Waals surface area contributed by atoms with E-state index < -0.39 is 6.10 Å². The molecule has 86 valence electrons. The average molecular weight is 219 g/mol. The van der Waals surface area contributed by atoms with Crippen LogP contribution in [0.25, 0.3) is 11.0 Å². The number of aliphatic hydroxyl groups is 1. The van der Waals surface area contributed by atoms with E-state index in [4.69, 9.17) is 4.42 Å². The molecular formula is C13H17NO2. The Morgan fingerprint density at radius 2 is 2.06 bits per heavy atom. The highest BCUT2D eigenvalue weighted by molar-refractivity contribution is 5.77.